The molecule has 1 aliphatic rings. The summed E-state index contributed by atoms with van der Waals surface area (Å²) in [4.78, 5) is 2.39. The number of hydrogen-bond donors (Lipinski definition) is 1. The highest BCUT2D eigenvalue weighted by atomic mass is 16.5. The van der Waals surface area contributed by atoms with Crippen molar-refractivity contribution in [3.63, 3.8) is 0 Å². The van der Waals surface area contributed by atoms with Gasteiger partial charge in [-0.15, -0.1) is 0 Å². The summed E-state index contributed by atoms with van der Waals surface area (Å²) in [5, 5.41) is 10.4. The Bertz CT molecular complexity index is 432. The third-order valence-corrected chi connectivity index (χ3v) is 3.77. The van der Waals surface area contributed by atoms with E-state index in [2.05, 4.69) is 11.8 Å². The third-order valence-electron chi connectivity index (χ3n) is 3.77. The van der Waals surface area contributed by atoms with E-state index >= 15 is 0 Å². The highest BCUT2D eigenvalue weighted by Gasteiger charge is 2.29. The first-order valence-corrected chi connectivity index (χ1v) is 7.33. The van der Waals surface area contributed by atoms with Crippen molar-refractivity contribution in [1.82, 2.24) is 4.90 Å². The van der Waals surface area contributed by atoms with Gasteiger partial charge in [-0.2, -0.15) is 0 Å². The number of methoxy groups -OCH3 is 2. The molecule has 0 bridgehead atoms. The van der Waals surface area contributed by atoms with Crippen molar-refractivity contribution in [2.75, 3.05) is 27.3 Å². The average Bonchev–Trinajstić information content (AvgIpc) is 3.30. The Hall–Kier alpha value is -1.26. The largest absolute Gasteiger partial charge is 0.493 e. The zero-order valence-electron chi connectivity index (χ0n) is 12.6. The summed E-state index contributed by atoms with van der Waals surface area (Å²) in [7, 11) is 3.23. The molecule has 0 spiro atoms. The van der Waals surface area contributed by atoms with E-state index in [9.17, 15) is 5.11 Å². The predicted molar refractivity (Wildman–Crippen MR) is 79.4 cm³/mol. The summed E-state index contributed by atoms with van der Waals surface area (Å²) >= 11 is 0. The summed E-state index contributed by atoms with van der Waals surface area (Å²) in [5.74, 6) is 1.36. The van der Waals surface area contributed by atoms with Gasteiger partial charge in [0, 0.05) is 12.6 Å². The maximum atomic E-state index is 10.4. The first kappa shape index (κ1) is 15.1. The van der Waals surface area contributed by atoms with Gasteiger partial charge in [-0.1, -0.05) is 13.0 Å². The fraction of sp³-hybridized carbons (Fsp3) is 0.625. The summed E-state index contributed by atoms with van der Waals surface area (Å²) in [5.41, 5.74) is 0.879. The molecule has 0 aromatic heterocycles. The Morgan fingerprint density at radius 3 is 2.50 bits per heavy atom. The molecule has 0 aliphatic heterocycles. The molecular weight excluding hydrogens is 254 g/mol. The molecule has 0 amide bonds. The van der Waals surface area contributed by atoms with Crippen LogP contribution in [-0.2, 0) is 0 Å². The van der Waals surface area contributed by atoms with Crippen molar-refractivity contribution in [2.24, 2.45) is 0 Å². The molecular formula is C16H25NO3. The van der Waals surface area contributed by atoms with E-state index in [4.69, 9.17) is 9.47 Å². The van der Waals surface area contributed by atoms with Gasteiger partial charge in [-0.05, 0) is 43.5 Å². The Morgan fingerprint density at radius 2 is 1.95 bits per heavy atom. The molecule has 2 rings (SSSR count). The van der Waals surface area contributed by atoms with Crippen LogP contribution in [0.1, 0.15) is 37.9 Å². The Morgan fingerprint density at radius 1 is 1.25 bits per heavy atom. The molecule has 1 unspecified atom stereocenters. The van der Waals surface area contributed by atoms with Gasteiger partial charge in [0.25, 0.3) is 0 Å². The Kier molecular flexibility index (Phi) is 5.26. The van der Waals surface area contributed by atoms with Gasteiger partial charge >= 0.3 is 0 Å². The van der Waals surface area contributed by atoms with Crippen LogP contribution in [0.2, 0.25) is 0 Å². The minimum atomic E-state index is -0.484. The average molecular weight is 279 g/mol. The first-order valence-electron chi connectivity index (χ1n) is 7.33. The van der Waals surface area contributed by atoms with Crippen molar-refractivity contribution in [3.05, 3.63) is 23.8 Å². The van der Waals surface area contributed by atoms with Gasteiger partial charge in [0.05, 0.1) is 20.3 Å². The van der Waals surface area contributed by atoms with Crippen LogP contribution in [0.15, 0.2) is 18.2 Å². The van der Waals surface area contributed by atoms with Gasteiger partial charge in [-0.3, -0.25) is 4.90 Å². The number of ether oxygens (including phenoxy) is 2. The van der Waals surface area contributed by atoms with Gasteiger partial charge in [0.15, 0.2) is 11.5 Å². The number of aliphatic hydroxyl groups excluding tert-OH is 1. The second-order valence-electron chi connectivity index (χ2n) is 5.36. The van der Waals surface area contributed by atoms with Gasteiger partial charge < -0.3 is 14.6 Å². The van der Waals surface area contributed by atoms with Crippen molar-refractivity contribution in [3.8, 4) is 11.5 Å². The van der Waals surface area contributed by atoms with Crippen molar-refractivity contribution in [1.29, 1.82) is 0 Å². The molecule has 0 radical (unpaired) electrons. The van der Waals surface area contributed by atoms with Crippen LogP contribution in [0.25, 0.3) is 0 Å². The number of benzene rings is 1. The summed E-state index contributed by atoms with van der Waals surface area (Å²) in [6.07, 6.45) is 3.16. The lowest BCUT2D eigenvalue weighted by Crippen LogP contribution is -2.31. The molecule has 4 heteroatoms. The third kappa shape index (κ3) is 3.64. The molecule has 1 atom stereocenters. The van der Waals surface area contributed by atoms with Crippen LogP contribution in [0.5, 0.6) is 11.5 Å². The number of rotatable bonds is 8. The van der Waals surface area contributed by atoms with Crippen molar-refractivity contribution >= 4 is 0 Å². The second-order valence-corrected chi connectivity index (χ2v) is 5.36. The van der Waals surface area contributed by atoms with Crippen LogP contribution in [0, 0.1) is 0 Å². The molecule has 1 fully saturated rings. The molecule has 0 saturated heterocycles. The van der Waals surface area contributed by atoms with Crippen LogP contribution in [0.3, 0.4) is 0 Å². The van der Waals surface area contributed by atoms with E-state index in [0.29, 0.717) is 24.1 Å². The molecule has 4 nitrogen and oxygen atoms in total. The van der Waals surface area contributed by atoms with Crippen LogP contribution in [0.4, 0.5) is 0 Å². The molecule has 1 saturated carbocycles. The minimum absolute atomic E-state index is 0.484. The van der Waals surface area contributed by atoms with E-state index in [1.54, 1.807) is 14.2 Å². The number of hydrogen-bond acceptors (Lipinski definition) is 4. The molecule has 1 aromatic rings. The SMILES string of the molecule is CCCN(CC(O)c1ccc(OC)c(OC)c1)C1CC1. The van der Waals surface area contributed by atoms with E-state index in [0.717, 1.165) is 18.5 Å². The van der Waals surface area contributed by atoms with Crippen molar-refractivity contribution in [2.45, 2.75) is 38.3 Å². The topological polar surface area (TPSA) is 41.9 Å². The van der Waals surface area contributed by atoms with Crippen LogP contribution < -0.4 is 9.47 Å². The monoisotopic (exact) mass is 279 g/mol. The normalized spacial score (nSPS) is 16.2. The fourth-order valence-corrected chi connectivity index (χ4v) is 2.54. The Labute approximate surface area is 121 Å². The standard InChI is InChI=1S/C16H25NO3/c1-4-9-17(13-6-7-13)11-14(18)12-5-8-15(19-2)16(10-12)20-3/h5,8,10,13-14,18H,4,6-7,9,11H2,1-3H3. The van der Waals surface area contributed by atoms with Crippen LogP contribution >= 0.6 is 0 Å². The highest BCUT2D eigenvalue weighted by molar-refractivity contribution is 5.43. The van der Waals surface area contributed by atoms with Crippen LogP contribution in [-0.4, -0.2) is 43.4 Å². The number of aliphatic hydroxyl groups is 1. The lowest BCUT2D eigenvalue weighted by atomic mass is 10.1. The minimum Gasteiger partial charge on any atom is -0.493 e. The van der Waals surface area contributed by atoms with E-state index in [1.807, 2.05) is 18.2 Å². The molecule has 1 N–H and O–H groups in total. The maximum absolute atomic E-state index is 10.4. The predicted octanol–water partition coefficient (Wildman–Crippen LogP) is 2.61. The zero-order chi connectivity index (χ0) is 14.5. The maximum Gasteiger partial charge on any atom is 0.161 e. The molecule has 112 valence electrons. The summed E-state index contributed by atoms with van der Waals surface area (Å²) in [6.45, 7) is 3.92. The van der Waals surface area contributed by atoms with E-state index in [1.165, 1.54) is 12.8 Å². The highest BCUT2D eigenvalue weighted by Crippen LogP contribution is 2.32. The summed E-state index contributed by atoms with van der Waals surface area (Å²) in [6, 6.07) is 6.28. The van der Waals surface area contributed by atoms with Crippen molar-refractivity contribution < 1.29 is 14.6 Å². The number of nitrogens with zero attached hydrogens (tertiary/aromatic N) is 1. The fourth-order valence-electron chi connectivity index (χ4n) is 2.54. The van der Waals surface area contributed by atoms with Gasteiger partial charge in [0.1, 0.15) is 0 Å². The Balaban J connectivity index is 2.05. The van der Waals surface area contributed by atoms with E-state index in [-0.39, 0.29) is 0 Å². The molecule has 1 aliphatic carbocycles. The molecule has 0 heterocycles. The first-order chi connectivity index (χ1) is 9.69. The zero-order valence-corrected chi connectivity index (χ0v) is 12.6. The van der Waals surface area contributed by atoms with E-state index < -0.39 is 6.10 Å². The molecule has 20 heavy (non-hydrogen) atoms. The smallest absolute Gasteiger partial charge is 0.161 e. The lowest BCUT2D eigenvalue weighted by Gasteiger charge is -2.25. The molecule has 1 aromatic carbocycles. The summed E-state index contributed by atoms with van der Waals surface area (Å²) < 4.78 is 10.5. The quantitative estimate of drug-likeness (QED) is 0.794. The van der Waals surface area contributed by atoms with Gasteiger partial charge in [-0.25, -0.2) is 0 Å². The van der Waals surface area contributed by atoms with Gasteiger partial charge in [0.2, 0.25) is 0 Å². The second kappa shape index (κ2) is 6.95. The lowest BCUT2D eigenvalue weighted by molar-refractivity contribution is 0.108.